The zero-order valence-corrected chi connectivity index (χ0v) is 7.28. The Hall–Kier alpha value is -1.06. The predicted octanol–water partition coefficient (Wildman–Crippen LogP) is 1.21. The maximum absolute atomic E-state index is 10.4. The molecule has 2 N–H and O–H groups in total. The Morgan fingerprint density at radius 3 is 1.92 bits per heavy atom. The highest BCUT2D eigenvalue weighted by atomic mass is 16.4. The fourth-order valence-corrected chi connectivity index (χ4v) is 0.876. The van der Waals surface area contributed by atoms with Gasteiger partial charge in [-0.3, -0.25) is 9.59 Å². The number of hydrogen-bond acceptors (Lipinski definition) is 2. The minimum absolute atomic E-state index is 0.141. The van der Waals surface area contributed by atoms with Gasteiger partial charge >= 0.3 is 11.9 Å². The largest absolute Gasteiger partial charge is 0.481 e. The molecule has 0 spiro atoms. The Morgan fingerprint density at radius 1 is 1.25 bits per heavy atom. The van der Waals surface area contributed by atoms with Gasteiger partial charge in [0, 0.05) is 0 Å². The summed E-state index contributed by atoms with van der Waals surface area (Å²) in [6.45, 7) is 3.75. The third-order valence-electron chi connectivity index (χ3n) is 1.93. The average molecular weight is 174 g/mol. The summed E-state index contributed by atoms with van der Waals surface area (Å²) in [7, 11) is 0. The van der Waals surface area contributed by atoms with E-state index < -0.39 is 17.9 Å². The van der Waals surface area contributed by atoms with Crippen LogP contribution in [-0.2, 0) is 9.59 Å². The molecule has 0 heterocycles. The summed E-state index contributed by atoms with van der Waals surface area (Å²) in [5, 5.41) is 17.0. The molecule has 0 aromatic carbocycles. The van der Waals surface area contributed by atoms with Crippen LogP contribution in [0.4, 0.5) is 0 Å². The van der Waals surface area contributed by atoms with E-state index in [1.54, 1.807) is 0 Å². The second-order valence-electron chi connectivity index (χ2n) is 2.98. The van der Waals surface area contributed by atoms with Crippen LogP contribution in [0.15, 0.2) is 0 Å². The molecule has 0 aliphatic carbocycles. The van der Waals surface area contributed by atoms with Gasteiger partial charge in [-0.2, -0.15) is 0 Å². The molecule has 70 valence electrons. The first-order valence-electron chi connectivity index (χ1n) is 3.94. The number of carboxylic acid groups (broad SMARTS) is 2. The molecule has 4 heteroatoms. The molecule has 0 aromatic rings. The Kier molecular flexibility index (Phi) is 4.33. The smallest absolute Gasteiger partial charge is 0.317 e. The van der Waals surface area contributed by atoms with Crippen molar-refractivity contribution < 1.29 is 19.8 Å². The predicted molar refractivity (Wildman–Crippen MR) is 42.8 cm³/mol. The summed E-state index contributed by atoms with van der Waals surface area (Å²) in [4.78, 5) is 20.8. The van der Waals surface area contributed by atoms with Crippen LogP contribution in [0.2, 0.25) is 0 Å². The highest BCUT2D eigenvalue weighted by Gasteiger charge is 2.26. The highest BCUT2D eigenvalue weighted by molar-refractivity contribution is 5.92. The van der Waals surface area contributed by atoms with E-state index >= 15 is 0 Å². The van der Waals surface area contributed by atoms with E-state index in [-0.39, 0.29) is 12.3 Å². The maximum atomic E-state index is 10.4. The van der Waals surface area contributed by atoms with E-state index in [0.717, 1.165) is 6.42 Å². The molecule has 12 heavy (non-hydrogen) atoms. The van der Waals surface area contributed by atoms with Gasteiger partial charge in [-0.05, 0) is 12.3 Å². The van der Waals surface area contributed by atoms with E-state index in [1.165, 1.54) is 0 Å². The van der Waals surface area contributed by atoms with Gasteiger partial charge in [0.25, 0.3) is 0 Å². The molecule has 0 rings (SSSR count). The summed E-state index contributed by atoms with van der Waals surface area (Å²) < 4.78 is 0. The molecule has 0 fully saturated rings. The molecular weight excluding hydrogens is 160 g/mol. The second-order valence-corrected chi connectivity index (χ2v) is 2.98. The fourth-order valence-electron chi connectivity index (χ4n) is 0.876. The van der Waals surface area contributed by atoms with Crippen molar-refractivity contribution in [2.45, 2.75) is 26.7 Å². The van der Waals surface area contributed by atoms with Crippen molar-refractivity contribution in [2.75, 3.05) is 0 Å². The molecule has 0 amide bonds. The van der Waals surface area contributed by atoms with E-state index in [2.05, 4.69) is 0 Å². The summed E-state index contributed by atoms with van der Waals surface area (Å²) in [5.74, 6) is -3.60. The summed E-state index contributed by atoms with van der Waals surface area (Å²) in [6, 6.07) is 0. The van der Waals surface area contributed by atoms with Crippen molar-refractivity contribution >= 4 is 11.9 Å². The van der Waals surface area contributed by atoms with Crippen molar-refractivity contribution in [1.82, 2.24) is 0 Å². The van der Waals surface area contributed by atoms with Crippen LogP contribution in [0.25, 0.3) is 0 Å². The first-order valence-corrected chi connectivity index (χ1v) is 3.94. The number of aliphatic carboxylic acids is 2. The van der Waals surface area contributed by atoms with Crippen molar-refractivity contribution in [3.05, 3.63) is 0 Å². The Labute approximate surface area is 71.2 Å². The first-order chi connectivity index (χ1) is 5.49. The van der Waals surface area contributed by atoms with Crippen molar-refractivity contribution in [2.24, 2.45) is 11.8 Å². The van der Waals surface area contributed by atoms with Crippen LogP contribution >= 0.6 is 0 Å². The molecule has 0 saturated carbocycles. The van der Waals surface area contributed by atoms with Gasteiger partial charge in [0.15, 0.2) is 5.92 Å². The zero-order valence-electron chi connectivity index (χ0n) is 7.28. The quantitative estimate of drug-likeness (QED) is 0.614. The number of hydrogen-bond donors (Lipinski definition) is 2. The van der Waals surface area contributed by atoms with Crippen LogP contribution in [0.1, 0.15) is 26.7 Å². The molecule has 0 saturated heterocycles. The first kappa shape index (κ1) is 10.9. The van der Waals surface area contributed by atoms with Crippen LogP contribution < -0.4 is 0 Å². The van der Waals surface area contributed by atoms with Gasteiger partial charge in [0.05, 0.1) is 0 Å². The standard InChI is InChI=1S/C8H14O4/c1-3-5(2)4-6(7(9)10)8(11)12/h5-6H,3-4H2,1-2H3,(H,9,10)(H,11,12)/t5-/m0/s1. The average Bonchev–Trinajstić information content (AvgIpc) is 1.98. The molecule has 0 unspecified atom stereocenters. The van der Waals surface area contributed by atoms with Crippen molar-refractivity contribution in [3.63, 3.8) is 0 Å². The topological polar surface area (TPSA) is 74.6 Å². The molecule has 0 aliphatic heterocycles. The highest BCUT2D eigenvalue weighted by Crippen LogP contribution is 2.15. The molecule has 0 aliphatic rings. The molecule has 1 atom stereocenters. The van der Waals surface area contributed by atoms with Crippen LogP contribution in [-0.4, -0.2) is 22.2 Å². The lowest BCUT2D eigenvalue weighted by atomic mass is 9.94. The Balaban J connectivity index is 4.14. The van der Waals surface area contributed by atoms with E-state index in [4.69, 9.17) is 10.2 Å². The molecule has 0 radical (unpaired) electrons. The Bertz CT molecular complexity index is 162. The van der Waals surface area contributed by atoms with E-state index in [1.807, 2.05) is 13.8 Å². The third-order valence-corrected chi connectivity index (χ3v) is 1.93. The third kappa shape index (κ3) is 3.37. The monoisotopic (exact) mass is 174 g/mol. The fraction of sp³-hybridized carbons (Fsp3) is 0.750. The number of rotatable bonds is 5. The van der Waals surface area contributed by atoms with Gasteiger partial charge in [0.1, 0.15) is 0 Å². The summed E-state index contributed by atoms with van der Waals surface area (Å²) in [6.07, 6.45) is 1.01. The minimum atomic E-state index is -1.25. The lowest BCUT2D eigenvalue weighted by molar-refractivity contribution is -0.155. The minimum Gasteiger partial charge on any atom is -0.481 e. The number of carbonyl (C=O) groups is 2. The van der Waals surface area contributed by atoms with Crippen LogP contribution in [0, 0.1) is 11.8 Å². The van der Waals surface area contributed by atoms with Crippen LogP contribution in [0.3, 0.4) is 0 Å². The van der Waals surface area contributed by atoms with E-state index in [9.17, 15) is 9.59 Å². The Morgan fingerprint density at radius 2 is 1.67 bits per heavy atom. The zero-order chi connectivity index (χ0) is 9.72. The maximum Gasteiger partial charge on any atom is 0.317 e. The van der Waals surface area contributed by atoms with Crippen LogP contribution in [0.5, 0.6) is 0 Å². The summed E-state index contributed by atoms with van der Waals surface area (Å²) >= 11 is 0. The molecular formula is C8H14O4. The van der Waals surface area contributed by atoms with Gasteiger partial charge in [0.2, 0.25) is 0 Å². The lowest BCUT2D eigenvalue weighted by Crippen LogP contribution is -2.25. The van der Waals surface area contributed by atoms with Crippen molar-refractivity contribution in [1.29, 1.82) is 0 Å². The van der Waals surface area contributed by atoms with Gasteiger partial charge in [-0.25, -0.2) is 0 Å². The second kappa shape index (κ2) is 4.74. The van der Waals surface area contributed by atoms with Gasteiger partial charge in [-0.1, -0.05) is 20.3 Å². The van der Waals surface area contributed by atoms with Gasteiger partial charge in [-0.15, -0.1) is 0 Å². The normalized spacial score (nSPS) is 12.9. The van der Waals surface area contributed by atoms with Crippen molar-refractivity contribution in [3.8, 4) is 0 Å². The summed E-state index contributed by atoms with van der Waals surface area (Å²) in [5.41, 5.74) is 0. The lowest BCUT2D eigenvalue weighted by Gasteiger charge is -2.11. The molecule has 4 nitrogen and oxygen atoms in total. The van der Waals surface area contributed by atoms with E-state index in [0.29, 0.717) is 0 Å². The number of carboxylic acids is 2. The van der Waals surface area contributed by atoms with Gasteiger partial charge < -0.3 is 10.2 Å². The SMILES string of the molecule is CC[C@H](C)CC(C(=O)O)C(=O)O. The molecule has 0 aromatic heterocycles. The molecule has 0 bridgehead atoms.